The van der Waals surface area contributed by atoms with Gasteiger partial charge in [0.25, 0.3) is 0 Å². The standard InChI is InChI=1S/C76H119N11O17/c1-15-49(8)66(60(99-13)43-62(89)87-38-24-30-59(87)68(100-14)50(9)69(91)80-51(10)67(90)53-25-19-18-20-26-53)85(11)73(95)64(47(4)5)84-72(94)65(48(6)7)86(12)76(98)104-44-52-31-33-54(34-32-52)81-70(92)58(29-23-36-78-74(77)96)82-71(93)63(46(2)3)83-61(88)35-39-101-41-42-102-40-37-79-75(97)103-45-57-55-27-21-16-17-22-28-56(55)57/h18-20,25-26,31-34,46-51,55-60,63-68,90H,15,21-24,27-30,35-45H2,1-14H3,(H,79,97)(H,80,91)(H,81,92)(H,82,93)(H,83,88)(H,84,94)(H3,77,78,96)/t49-,50+,51+,55?,56?,57?,58-,59-,60+,63-,64-,65-,66-,67+,68+/m0/s1. The molecule has 28 heteroatoms. The second-order valence-electron chi connectivity index (χ2n) is 28.7. The van der Waals surface area contributed by atoms with Gasteiger partial charge in [-0.1, -0.05) is 111 Å². The number of nitrogens with one attached hydrogen (secondary N) is 7. The third-order valence-electron chi connectivity index (χ3n) is 20.1. The van der Waals surface area contributed by atoms with Crippen LogP contribution in [0.4, 0.5) is 20.1 Å². The molecule has 2 aromatic carbocycles. The van der Waals surface area contributed by atoms with Gasteiger partial charge in [-0.2, -0.15) is 0 Å². The Bertz CT molecular complexity index is 3130. The minimum Gasteiger partial charge on any atom is -0.449 e. The summed E-state index contributed by atoms with van der Waals surface area (Å²) in [5.74, 6) is 2.57. The number of likely N-dealkylation sites (tertiary alicyclic amines) is 1. The number of primary amides is 1. The highest BCUT2D eigenvalue weighted by molar-refractivity contribution is 5.98. The largest absolute Gasteiger partial charge is 0.449 e. The first-order valence-corrected chi connectivity index (χ1v) is 36.9. The number of anilines is 1. The topological polar surface area (TPSA) is 366 Å². The number of alkyl carbamates (subject to hydrolysis) is 1. The molecule has 0 bridgehead atoms. The molecule has 1 heterocycles. The molecular weight excluding hydrogens is 1340 g/mol. The molecule has 1 saturated heterocycles. The Morgan fingerprint density at radius 1 is 0.683 bits per heavy atom. The summed E-state index contributed by atoms with van der Waals surface area (Å²) in [6.07, 6.45) is 2.26. The molecular formula is C76H119N11O17. The van der Waals surface area contributed by atoms with Crippen LogP contribution in [-0.2, 0) is 68.6 Å². The second-order valence-corrected chi connectivity index (χ2v) is 28.7. The van der Waals surface area contributed by atoms with Crippen molar-refractivity contribution in [2.75, 3.05) is 86.3 Å². The maximum Gasteiger partial charge on any atom is 0.410 e. The molecule has 104 heavy (non-hydrogen) atoms. The van der Waals surface area contributed by atoms with Gasteiger partial charge in [0.1, 0.15) is 30.8 Å². The fourth-order valence-corrected chi connectivity index (χ4v) is 13.9. The number of carbonyl (C=O) groups excluding carboxylic acids is 10. The molecule has 0 spiro atoms. The van der Waals surface area contributed by atoms with E-state index in [-0.39, 0.29) is 89.5 Å². The van der Waals surface area contributed by atoms with E-state index >= 15 is 0 Å². The maximum atomic E-state index is 14.8. The summed E-state index contributed by atoms with van der Waals surface area (Å²) in [4.78, 5) is 140. The predicted molar refractivity (Wildman–Crippen MR) is 391 cm³/mol. The average Bonchev–Trinajstić information content (AvgIpc) is 1.63. The molecule has 0 aromatic heterocycles. The van der Waals surface area contributed by atoms with E-state index < -0.39 is 132 Å². The van der Waals surface area contributed by atoms with Gasteiger partial charge in [0.2, 0.25) is 41.4 Å². The quantitative estimate of drug-likeness (QED) is 0.0264. The van der Waals surface area contributed by atoms with Crippen molar-refractivity contribution in [2.24, 2.45) is 53.1 Å². The van der Waals surface area contributed by atoms with Gasteiger partial charge in [-0.15, -0.1) is 11.8 Å². The lowest BCUT2D eigenvalue weighted by Crippen LogP contribution is -2.60. The Morgan fingerprint density at radius 3 is 1.92 bits per heavy atom. The van der Waals surface area contributed by atoms with Crippen LogP contribution in [0, 0.1) is 59.2 Å². The van der Waals surface area contributed by atoms with Crippen molar-refractivity contribution in [3.63, 3.8) is 0 Å². The smallest absolute Gasteiger partial charge is 0.410 e. The molecule has 0 radical (unpaired) electrons. The zero-order chi connectivity index (χ0) is 76.7. The summed E-state index contributed by atoms with van der Waals surface area (Å²) in [5.41, 5.74) is 6.80. The van der Waals surface area contributed by atoms with Gasteiger partial charge in [-0.05, 0) is 110 Å². The van der Waals surface area contributed by atoms with Crippen LogP contribution in [0.25, 0.3) is 0 Å². The van der Waals surface area contributed by atoms with Crippen molar-refractivity contribution in [3.05, 3.63) is 65.7 Å². The van der Waals surface area contributed by atoms with Crippen LogP contribution >= 0.6 is 0 Å². The Kier molecular flexibility index (Phi) is 36.6. The van der Waals surface area contributed by atoms with Gasteiger partial charge in [0, 0.05) is 72.9 Å². The highest BCUT2D eigenvalue weighted by atomic mass is 16.6. The fourth-order valence-electron chi connectivity index (χ4n) is 13.9. The monoisotopic (exact) mass is 1460 g/mol. The molecule has 2 aromatic rings. The average molecular weight is 1460 g/mol. The number of rotatable bonds is 43. The van der Waals surface area contributed by atoms with Gasteiger partial charge < -0.3 is 86.3 Å². The lowest BCUT2D eigenvalue weighted by molar-refractivity contribution is -0.148. The summed E-state index contributed by atoms with van der Waals surface area (Å²) >= 11 is 0. The number of fused-ring (bicyclic) bond motifs is 1. The Hall–Kier alpha value is -8.10. The normalized spacial score (nSPS) is 19.3. The Balaban J connectivity index is 1.10. The van der Waals surface area contributed by atoms with Gasteiger partial charge in [0.05, 0.1) is 81.8 Å². The van der Waals surface area contributed by atoms with Crippen molar-refractivity contribution in [1.29, 1.82) is 0 Å². The molecule has 28 nitrogen and oxygen atoms in total. The first kappa shape index (κ1) is 86.5. The summed E-state index contributed by atoms with van der Waals surface area (Å²) in [6, 6.07) is 8.73. The van der Waals surface area contributed by atoms with Crippen molar-refractivity contribution in [2.45, 2.75) is 207 Å². The number of benzene rings is 2. The first-order chi connectivity index (χ1) is 49.5. The van der Waals surface area contributed by atoms with Crippen LogP contribution in [0.5, 0.6) is 0 Å². The molecule has 580 valence electrons. The number of amides is 11. The Labute approximate surface area is 614 Å². The van der Waals surface area contributed by atoms with E-state index in [0.29, 0.717) is 67.0 Å². The SMILES string of the molecule is CC[C@H](C)[C@@H]([C@@H](CC(=O)N1CCC[C@H]1[C@H](OC)[C@@H](C)C(=O)N[C@H](C)[C@@H](O)c1ccccc1)OC)N(C)C(=O)[C@@H](NC(=O)[C@H](C(C)C)N(C)C(=O)OCc1ccc(NC(=O)[C@H](CCCNC(N)=O)NC(=O)[C@@H](NC(=O)CCOCCOCCNC(=O)OCC2C3CCC#CCCC32)C(C)C)cc1)C(C)C. The van der Waals surface area contributed by atoms with E-state index in [1.807, 2.05) is 32.0 Å². The molecule has 11 amide bonds. The number of hydrogen-bond donors (Lipinski definition) is 9. The van der Waals surface area contributed by atoms with E-state index in [1.54, 1.807) is 109 Å². The molecule has 3 aliphatic rings. The third kappa shape index (κ3) is 26.8. The van der Waals surface area contributed by atoms with Gasteiger partial charge >= 0.3 is 18.2 Å². The number of aliphatic hydroxyl groups excluding tert-OH is 1. The van der Waals surface area contributed by atoms with Crippen LogP contribution in [0.15, 0.2) is 54.6 Å². The second kappa shape index (κ2) is 44.0. The van der Waals surface area contributed by atoms with E-state index in [9.17, 15) is 53.1 Å². The molecule has 2 unspecified atom stereocenters. The molecule has 14 atom stereocenters. The van der Waals surface area contributed by atoms with Crippen LogP contribution in [0.3, 0.4) is 0 Å². The first-order valence-electron chi connectivity index (χ1n) is 36.9. The molecule has 1 saturated carbocycles. The zero-order valence-electron chi connectivity index (χ0n) is 63.6. The summed E-state index contributed by atoms with van der Waals surface area (Å²) in [7, 11) is 6.09. The lowest BCUT2D eigenvalue weighted by atomic mass is 9.89. The number of likely N-dealkylation sites (N-methyl/N-ethyl adjacent to an activating group) is 2. The van der Waals surface area contributed by atoms with E-state index in [2.05, 4.69) is 49.1 Å². The minimum absolute atomic E-state index is 0.0411. The van der Waals surface area contributed by atoms with Crippen molar-refractivity contribution >= 4 is 65.3 Å². The summed E-state index contributed by atoms with van der Waals surface area (Å²) < 4.78 is 34.4. The molecule has 10 N–H and O–H groups in total. The predicted octanol–water partition coefficient (Wildman–Crippen LogP) is 6.18. The number of aliphatic hydroxyl groups is 1. The van der Waals surface area contributed by atoms with Crippen molar-refractivity contribution < 1.29 is 81.5 Å². The molecule has 1 aliphatic heterocycles. The Morgan fingerprint density at radius 2 is 1.33 bits per heavy atom. The highest BCUT2D eigenvalue weighted by Crippen LogP contribution is 2.52. The van der Waals surface area contributed by atoms with Crippen molar-refractivity contribution in [1.82, 2.24) is 46.6 Å². The fraction of sp³-hybridized carbons (Fsp3) is 0.684. The molecule has 2 aliphatic carbocycles. The molecule has 2 fully saturated rings. The summed E-state index contributed by atoms with van der Waals surface area (Å²) in [6.45, 7) is 19.7. The van der Waals surface area contributed by atoms with E-state index in [1.165, 1.54) is 26.2 Å². The van der Waals surface area contributed by atoms with Gasteiger partial charge in [-0.3, -0.25) is 38.5 Å². The summed E-state index contributed by atoms with van der Waals surface area (Å²) in [5, 5.41) is 30.4. The van der Waals surface area contributed by atoms with Crippen molar-refractivity contribution in [3.8, 4) is 11.8 Å². The lowest BCUT2D eigenvalue weighted by Gasteiger charge is -2.41. The number of ether oxygens (including phenoxy) is 6. The van der Waals surface area contributed by atoms with E-state index in [4.69, 9.17) is 34.2 Å². The zero-order valence-corrected chi connectivity index (χ0v) is 63.6. The van der Waals surface area contributed by atoms with Crippen LogP contribution in [0.1, 0.15) is 157 Å². The van der Waals surface area contributed by atoms with Crippen LogP contribution < -0.4 is 43.0 Å². The number of methoxy groups -OCH3 is 2. The number of urea groups is 1. The number of nitrogens with two attached hydrogens (primary N) is 1. The molecule has 5 rings (SSSR count). The number of nitrogens with zero attached hydrogens (tertiary/aromatic N) is 3. The van der Waals surface area contributed by atoms with Gasteiger partial charge in [0.15, 0.2) is 0 Å². The maximum absolute atomic E-state index is 14.8. The number of carbonyl (C=O) groups is 10. The van der Waals surface area contributed by atoms with Crippen LogP contribution in [0.2, 0.25) is 0 Å². The van der Waals surface area contributed by atoms with E-state index in [0.717, 1.165) is 25.7 Å². The van der Waals surface area contributed by atoms with Crippen LogP contribution in [-0.4, -0.2) is 215 Å². The highest BCUT2D eigenvalue weighted by Gasteiger charge is 2.50. The van der Waals surface area contributed by atoms with Gasteiger partial charge in [-0.25, -0.2) is 14.4 Å². The third-order valence-corrected chi connectivity index (χ3v) is 20.1. The number of hydrogen-bond acceptors (Lipinski definition) is 17. The minimum atomic E-state index is -1.12.